The fourth-order valence-electron chi connectivity index (χ4n) is 2.16. The second kappa shape index (κ2) is 7.35. The Hall–Kier alpha value is -1.70. The van der Waals surface area contributed by atoms with Gasteiger partial charge >= 0.3 is 0 Å². The summed E-state index contributed by atoms with van der Waals surface area (Å²) in [7, 11) is 3.25. The number of ether oxygens (including phenoxy) is 2. The summed E-state index contributed by atoms with van der Waals surface area (Å²) >= 11 is 1.36. The van der Waals surface area contributed by atoms with Gasteiger partial charge in [0.15, 0.2) is 0 Å². The Morgan fingerprint density at radius 3 is 2.43 bits per heavy atom. The van der Waals surface area contributed by atoms with Crippen molar-refractivity contribution in [2.75, 3.05) is 14.2 Å². The fourth-order valence-corrected chi connectivity index (χ4v) is 2.95. The third-order valence-corrected chi connectivity index (χ3v) is 4.04. The van der Waals surface area contributed by atoms with Crippen molar-refractivity contribution in [1.82, 2.24) is 15.0 Å². The first-order chi connectivity index (χ1) is 10.2. The van der Waals surface area contributed by atoms with E-state index in [1.54, 1.807) is 14.2 Å². The molecule has 0 amide bonds. The average Bonchev–Trinajstić information content (AvgIpc) is 2.96. The molecule has 0 spiro atoms. The molecule has 1 aromatic carbocycles. The highest BCUT2D eigenvalue weighted by Gasteiger charge is 2.21. The lowest BCUT2D eigenvalue weighted by Crippen LogP contribution is -2.29. The van der Waals surface area contributed by atoms with Crippen molar-refractivity contribution in [3.63, 3.8) is 0 Å². The summed E-state index contributed by atoms with van der Waals surface area (Å²) in [6.07, 6.45) is 1.89. The molecule has 0 saturated carbocycles. The monoisotopic (exact) mass is 308 g/mol. The van der Waals surface area contributed by atoms with Crippen LogP contribution in [0.5, 0.6) is 11.5 Å². The summed E-state index contributed by atoms with van der Waals surface area (Å²) in [5.74, 6) is 7.21. The van der Waals surface area contributed by atoms with Crippen LogP contribution in [0, 0.1) is 0 Å². The number of nitrogens with two attached hydrogens (primary N) is 1. The third-order valence-electron chi connectivity index (χ3n) is 3.21. The van der Waals surface area contributed by atoms with Crippen molar-refractivity contribution in [3.8, 4) is 11.5 Å². The molecule has 0 aliphatic heterocycles. The Morgan fingerprint density at radius 1 is 1.24 bits per heavy atom. The van der Waals surface area contributed by atoms with Crippen molar-refractivity contribution in [3.05, 3.63) is 34.3 Å². The first-order valence-electron chi connectivity index (χ1n) is 6.73. The van der Waals surface area contributed by atoms with E-state index in [4.69, 9.17) is 15.3 Å². The first-order valence-corrected chi connectivity index (χ1v) is 7.51. The predicted octanol–water partition coefficient (Wildman–Crippen LogP) is 2.06. The molecule has 1 heterocycles. The van der Waals surface area contributed by atoms with Gasteiger partial charge in [-0.15, -0.1) is 5.10 Å². The minimum atomic E-state index is -0.185. The van der Waals surface area contributed by atoms with E-state index >= 15 is 0 Å². The molecule has 0 saturated heterocycles. The predicted molar refractivity (Wildman–Crippen MR) is 82.6 cm³/mol. The van der Waals surface area contributed by atoms with Gasteiger partial charge in [0, 0.05) is 6.07 Å². The van der Waals surface area contributed by atoms with Crippen LogP contribution in [0.3, 0.4) is 0 Å². The van der Waals surface area contributed by atoms with E-state index in [1.165, 1.54) is 11.5 Å². The Bertz CT molecular complexity index is 566. The highest BCUT2D eigenvalue weighted by Crippen LogP contribution is 2.32. The highest BCUT2D eigenvalue weighted by molar-refractivity contribution is 7.05. The van der Waals surface area contributed by atoms with Crippen LogP contribution in [0.2, 0.25) is 0 Å². The standard InChI is InChI=1S/C14H20N4O2S/c1-4-5-12-14(21-18-17-12)13(16-15)9-6-10(19-2)8-11(7-9)20-3/h6-8,13,16H,4-5,15H2,1-3H3. The van der Waals surface area contributed by atoms with Gasteiger partial charge < -0.3 is 9.47 Å². The summed E-state index contributed by atoms with van der Waals surface area (Å²) in [6.45, 7) is 2.11. The molecule has 2 rings (SSSR count). The van der Waals surface area contributed by atoms with E-state index in [2.05, 4.69) is 21.9 Å². The Balaban J connectivity index is 2.43. The van der Waals surface area contributed by atoms with E-state index in [-0.39, 0.29) is 6.04 Å². The van der Waals surface area contributed by atoms with Gasteiger partial charge in [0.05, 0.1) is 30.8 Å². The molecule has 0 aliphatic rings. The second-order valence-corrected chi connectivity index (χ2v) is 5.37. The van der Waals surface area contributed by atoms with Gasteiger partial charge in [0.1, 0.15) is 11.5 Å². The molecule has 0 aliphatic carbocycles. The SMILES string of the molecule is CCCc1nnsc1C(NN)c1cc(OC)cc(OC)c1. The van der Waals surface area contributed by atoms with Gasteiger partial charge in [0.25, 0.3) is 0 Å². The highest BCUT2D eigenvalue weighted by atomic mass is 32.1. The lowest BCUT2D eigenvalue weighted by molar-refractivity contribution is 0.392. The first kappa shape index (κ1) is 15.7. The van der Waals surface area contributed by atoms with Crippen molar-refractivity contribution in [1.29, 1.82) is 0 Å². The summed E-state index contributed by atoms with van der Waals surface area (Å²) in [5, 5.41) is 4.20. The number of aryl methyl sites for hydroxylation is 1. The van der Waals surface area contributed by atoms with Crippen LogP contribution >= 0.6 is 11.5 Å². The molecule has 1 unspecified atom stereocenters. The molecule has 21 heavy (non-hydrogen) atoms. The van der Waals surface area contributed by atoms with Crippen molar-refractivity contribution in [2.45, 2.75) is 25.8 Å². The maximum atomic E-state index is 5.76. The van der Waals surface area contributed by atoms with Gasteiger partial charge in [-0.2, -0.15) is 0 Å². The van der Waals surface area contributed by atoms with E-state index in [9.17, 15) is 0 Å². The largest absolute Gasteiger partial charge is 0.497 e. The zero-order chi connectivity index (χ0) is 15.2. The normalized spacial score (nSPS) is 12.2. The molecule has 0 radical (unpaired) electrons. The number of benzene rings is 1. The van der Waals surface area contributed by atoms with Crippen LogP contribution < -0.4 is 20.7 Å². The fraction of sp³-hybridized carbons (Fsp3) is 0.429. The van der Waals surface area contributed by atoms with Crippen LogP contribution in [0.25, 0.3) is 0 Å². The van der Waals surface area contributed by atoms with Gasteiger partial charge in [0.2, 0.25) is 0 Å². The quantitative estimate of drug-likeness (QED) is 0.602. The van der Waals surface area contributed by atoms with Crippen LogP contribution in [0.15, 0.2) is 18.2 Å². The van der Waals surface area contributed by atoms with E-state index in [0.717, 1.165) is 40.5 Å². The van der Waals surface area contributed by atoms with Crippen molar-refractivity contribution >= 4 is 11.5 Å². The summed E-state index contributed by atoms with van der Waals surface area (Å²) in [6, 6.07) is 5.51. The van der Waals surface area contributed by atoms with Crippen LogP contribution in [0.1, 0.15) is 35.5 Å². The Labute approximate surface area is 128 Å². The number of methoxy groups -OCH3 is 2. The van der Waals surface area contributed by atoms with Gasteiger partial charge in [-0.25, -0.2) is 5.43 Å². The molecular weight excluding hydrogens is 288 g/mol. The van der Waals surface area contributed by atoms with E-state index in [0.29, 0.717) is 0 Å². The average molecular weight is 308 g/mol. The number of aromatic nitrogens is 2. The number of nitrogens with zero attached hydrogens (tertiary/aromatic N) is 2. The van der Waals surface area contributed by atoms with Crippen molar-refractivity contribution in [2.24, 2.45) is 5.84 Å². The van der Waals surface area contributed by atoms with Crippen LogP contribution in [-0.2, 0) is 6.42 Å². The smallest absolute Gasteiger partial charge is 0.122 e. The van der Waals surface area contributed by atoms with Crippen molar-refractivity contribution < 1.29 is 9.47 Å². The van der Waals surface area contributed by atoms with E-state index in [1.807, 2.05) is 18.2 Å². The van der Waals surface area contributed by atoms with Crippen LogP contribution in [-0.4, -0.2) is 23.8 Å². The summed E-state index contributed by atoms with van der Waals surface area (Å²) in [4.78, 5) is 1.02. The number of hydrazine groups is 1. The summed E-state index contributed by atoms with van der Waals surface area (Å²) < 4.78 is 14.7. The number of hydrogen-bond acceptors (Lipinski definition) is 7. The maximum Gasteiger partial charge on any atom is 0.122 e. The molecule has 0 bridgehead atoms. The summed E-state index contributed by atoms with van der Waals surface area (Å²) in [5.41, 5.74) is 4.78. The molecule has 0 fully saturated rings. The van der Waals surface area contributed by atoms with E-state index < -0.39 is 0 Å². The lowest BCUT2D eigenvalue weighted by Gasteiger charge is -2.17. The minimum Gasteiger partial charge on any atom is -0.497 e. The minimum absolute atomic E-state index is 0.185. The Morgan fingerprint density at radius 2 is 1.90 bits per heavy atom. The zero-order valence-corrected chi connectivity index (χ0v) is 13.2. The molecular formula is C14H20N4O2S. The molecule has 114 valence electrons. The number of rotatable bonds is 7. The molecule has 3 N–H and O–H groups in total. The van der Waals surface area contributed by atoms with Crippen LogP contribution in [0.4, 0.5) is 0 Å². The number of nitrogens with one attached hydrogen (secondary N) is 1. The molecule has 1 atom stereocenters. The maximum absolute atomic E-state index is 5.76. The molecule has 1 aromatic heterocycles. The van der Waals surface area contributed by atoms with Gasteiger partial charge in [-0.1, -0.05) is 17.8 Å². The third kappa shape index (κ3) is 3.49. The molecule has 6 nitrogen and oxygen atoms in total. The molecule has 2 aromatic rings. The topological polar surface area (TPSA) is 82.3 Å². The van der Waals surface area contributed by atoms with Gasteiger partial charge in [-0.05, 0) is 35.6 Å². The molecule has 7 heteroatoms. The second-order valence-electron chi connectivity index (χ2n) is 4.58. The van der Waals surface area contributed by atoms with Gasteiger partial charge in [-0.3, -0.25) is 5.84 Å². The Kier molecular flexibility index (Phi) is 5.49. The number of hydrogen-bond donors (Lipinski definition) is 2. The lowest BCUT2D eigenvalue weighted by atomic mass is 10.0. The zero-order valence-electron chi connectivity index (χ0n) is 12.4.